The van der Waals surface area contributed by atoms with E-state index in [2.05, 4.69) is 13.8 Å². The molecule has 0 radical (unpaired) electrons. The summed E-state index contributed by atoms with van der Waals surface area (Å²) < 4.78 is 0. The second kappa shape index (κ2) is 2.48. The van der Waals surface area contributed by atoms with Crippen LogP contribution in [0.4, 0.5) is 0 Å². The van der Waals surface area contributed by atoms with Gasteiger partial charge in [-0.15, -0.1) is 0 Å². The molecule has 4 N–H and O–H groups in total. The fourth-order valence-electron chi connectivity index (χ4n) is 1.40. The van der Waals surface area contributed by atoms with Gasteiger partial charge in [-0.1, -0.05) is 13.8 Å². The summed E-state index contributed by atoms with van der Waals surface area (Å²) in [7, 11) is 0. The second-order valence-corrected chi connectivity index (χ2v) is 4.13. The van der Waals surface area contributed by atoms with Crippen molar-refractivity contribution in [2.45, 2.75) is 32.7 Å². The van der Waals surface area contributed by atoms with Gasteiger partial charge < -0.3 is 11.5 Å². The van der Waals surface area contributed by atoms with E-state index in [0.717, 1.165) is 6.42 Å². The number of nitrogens with two attached hydrogens (primary N) is 2. The van der Waals surface area contributed by atoms with Crippen LogP contribution < -0.4 is 11.5 Å². The first kappa shape index (κ1) is 8.53. The molecule has 0 heterocycles. The van der Waals surface area contributed by atoms with Crippen LogP contribution in [0.25, 0.3) is 0 Å². The zero-order valence-electron chi connectivity index (χ0n) is 7.13. The van der Waals surface area contributed by atoms with Gasteiger partial charge >= 0.3 is 0 Å². The van der Waals surface area contributed by atoms with Crippen molar-refractivity contribution in [1.29, 1.82) is 0 Å². The molecule has 0 saturated heterocycles. The Balaban J connectivity index is 2.29. The molecular formula is C8H16N2O. The highest BCUT2D eigenvalue weighted by Crippen LogP contribution is 2.53. The van der Waals surface area contributed by atoms with E-state index >= 15 is 0 Å². The third kappa shape index (κ3) is 1.93. The lowest BCUT2D eigenvalue weighted by Crippen LogP contribution is -2.36. The molecule has 1 saturated carbocycles. The largest absolute Gasteiger partial charge is 0.368 e. The van der Waals surface area contributed by atoms with Gasteiger partial charge in [0.05, 0.1) is 6.04 Å². The van der Waals surface area contributed by atoms with E-state index in [0.29, 0.717) is 11.3 Å². The molecule has 1 rings (SSSR count). The van der Waals surface area contributed by atoms with Crippen molar-refractivity contribution < 1.29 is 4.79 Å². The summed E-state index contributed by atoms with van der Waals surface area (Å²) in [6.45, 7) is 4.37. The van der Waals surface area contributed by atoms with Crippen molar-refractivity contribution in [2.24, 2.45) is 22.8 Å². The topological polar surface area (TPSA) is 69.1 Å². The van der Waals surface area contributed by atoms with Gasteiger partial charge in [-0.3, -0.25) is 4.79 Å². The van der Waals surface area contributed by atoms with Crippen LogP contribution in [0.15, 0.2) is 0 Å². The highest BCUT2D eigenvalue weighted by molar-refractivity contribution is 5.79. The Morgan fingerprint density at radius 2 is 2.18 bits per heavy atom. The number of carbonyl (C=O) groups is 1. The van der Waals surface area contributed by atoms with Crippen molar-refractivity contribution in [2.75, 3.05) is 0 Å². The minimum Gasteiger partial charge on any atom is -0.368 e. The van der Waals surface area contributed by atoms with Gasteiger partial charge in [0, 0.05) is 0 Å². The zero-order valence-corrected chi connectivity index (χ0v) is 7.13. The molecule has 3 heteroatoms. The lowest BCUT2D eigenvalue weighted by Gasteiger charge is -2.07. The van der Waals surface area contributed by atoms with Crippen LogP contribution in [0.2, 0.25) is 0 Å². The van der Waals surface area contributed by atoms with E-state index < -0.39 is 6.04 Å². The summed E-state index contributed by atoms with van der Waals surface area (Å²) in [4.78, 5) is 10.6. The Hall–Kier alpha value is -0.570. The Bertz CT molecular complexity index is 177. The minimum atomic E-state index is -0.443. The predicted molar refractivity (Wildman–Crippen MR) is 43.7 cm³/mol. The maximum absolute atomic E-state index is 10.6. The molecule has 2 atom stereocenters. The van der Waals surface area contributed by atoms with Gasteiger partial charge in [-0.2, -0.15) is 0 Å². The molecule has 0 spiro atoms. The molecule has 1 fully saturated rings. The first-order valence-corrected chi connectivity index (χ1v) is 3.98. The maximum atomic E-state index is 10.6. The molecule has 0 aromatic rings. The standard InChI is InChI=1S/C8H16N2O/c1-8(2)4-5(8)3-6(9)7(10)11/h5-6H,3-4,9H2,1-2H3,(H2,10,11). The molecule has 1 amide bonds. The quantitative estimate of drug-likeness (QED) is 0.614. The van der Waals surface area contributed by atoms with Crippen LogP contribution in [0.1, 0.15) is 26.7 Å². The van der Waals surface area contributed by atoms with E-state index in [4.69, 9.17) is 11.5 Å². The lowest BCUT2D eigenvalue weighted by molar-refractivity contribution is -0.119. The molecule has 64 valence electrons. The predicted octanol–water partition coefficient (Wildman–Crippen LogP) is 0.235. The summed E-state index contributed by atoms with van der Waals surface area (Å²) in [6, 6.07) is -0.443. The summed E-state index contributed by atoms with van der Waals surface area (Å²) in [6.07, 6.45) is 1.93. The van der Waals surface area contributed by atoms with Gasteiger partial charge in [-0.05, 0) is 24.2 Å². The van der Waals surface area contributed by atoms with Crippen molar-refractivity contribution in [3.63, 3.8) is 0 Å². The fraction of sp³-hybridized carbons (Fsp3) is 0.875. The molecular weight excluding hydrogens is 140 g/mol. The molecule has 3 nitrogen and oxygen atoms in total. The normalized spacial score (nSPS) is 29.5. The monoisotopic (exact) mass is 156 g/mol. The van der Waals surface area contributed by atoms with Gasteiger partial charge in [0.1, 0.15) is 0 Å². The van der Waals surface area contributed by atoms with Crippen LogP contribution in [0, 0.1) is 11.3 Å². The molecule has 11 heavy (non-hydrogen) atoms. The average Bonchev–Trinajstić information content (AvgIpc) is 2.39. The summed E-state index contributed by atoms with van der Waals surface area (Å²) >= 11 is 0. The number of hydrogen-bond donors (Lipinski definition) is 2. The van der Waals surface area contributed by atoms with Crippen LogP contribution >= 0.6 is 0 Å². The highest BCUT2D eigenvalue weighted by Gasteiger charge is 2.46. The van der Waals surface area contributed by atoms with E-state index in [9.17, 15) is 4.79 Å². The SMILES string of the molecule is CC1(C)CC1CC(N)C(N)=O. The van der Waals surface area contributed by atoms with Gasteiger partial charge in [0.15, 0.2) is 0 Å². The number of carbonyl (C=O) groups excluding carboxylic acids is 1. The van der Waals surface area contributed by atoms with Crippen molar-refractivity contribution in [3.8, 4) is 0 Å². The summed E-state index contributed by atoms with van der Waals surface area (Å²) in [5.41, 5.74) is 10.9. The third-order valence-electron chi connectivity index (χ3n) is 2.62. The average molecular weight is 156 g/mol. The maximum Gasteiger partial charge on any atom is 0.234 e. The first-order chi connectivity index (χ1) is 4.93. The Labute approximate surface area is 67.1 Å². The van der Waals surface area contributed by atoms with E-state index in [-0.39, 0.29) is 5.91 Å². The zero-order chi connectivity index (χ0) is 8.65. The summed E-state index contributed by atoms with van der Waals surface area (Å²) in [5.74, 6) is 0.220. The van der Waals surface area contributed by atoms with Crippen LogP contribution in [0.3, 0.4) is 0 Å². The Morgan fingerprint density at radius 3 is 2.45 bits per heavy atom. The molecule has 1 aliphatic carbocycles. The number of primary amides is 1. The Morgan fingerprint density at radius 1 is 1.73 bits per heavy atom. The number of amides is 1. The number of hydrogen-bond acceptors (Lipinski definition) is 2. The van der Waals surface area contributed by atoms with Crippen molar-refractivity contribution in [1.82, 2.24) is 0 Å². The first-order valence-electron chi connectivity index (χ1n) is 3.98. The van der Waals surface area contributed by atoms with E-state index in [1.54, 1.807) is 0 Å². The Kier molecular flexibility index (Phi) is 1.92. The van der Waals surface area contributed by atoms with Crippen LogP contribution in [-0.4, -0.2) is 11.9 Å². The smallest absolute Gasteiger partial charge is 0.234 e. The molecule has 0 bridgehead atoms. The van der Waals surface area contributed by atoms with Crippen molar-refractivity contribution in [3.05, 3.63) is 0 Å². The molecule has 0 aliphatic heterocycles. The third-order valence-corrected chi connectivity index (χ3v) is 2.62. The molecule has 0 aromatic heterocycles. The van der Waals surface area contributed by atoms with E-state index in [1.807, 2.05) is 0 Å². The van der Waals surface area contributed by atoms with Gasteiger partial charge in [0.2, 0.25) is 5.91 Å². The fourth-order valence-corrected chi connectivity index (χ4v) is 1.40. The molecule has 1 aliphatic rings. The van der Waals surface area contributed by atoms with Crippen LogP contribution in [0.5, 0.6) is 0 Å². The number of rotatable bonds is 3. The summed E-state index contributed by atoms with van der Waals surface area (Å²) in [5, 5.41) is 0. The highest BCUT2D eigenvalue weighted by atomic mass is 16.1. The molecule has 0 aromatic carbocycles. The minimum absolute atomic E-state index is 0.382. The van der Waals surface area contributed by atoms with Crippen LogP contribution in [-0.2, 0) is 4.79 Å². The van der Waals surface area contributed by atoms with Gasteiger partial charge in [0.25, 0.3) is 0 Å². The lowest BCUT2D eigenvalue weighted by atomic mass is 10.0. The van der Waals surface area contributed by atoms with E-state index in [1.165, 1.54) is 6.42 Å². The van der Waals surface area contributed by atoms with Gasteiger partial charge in [-0.25, -0.2) is 0 Å². The van der Waals surface area contributed by atoms with Crippen molar-refractivity contribution >= 4 is 5.91 Å². The molecule has 2 unspecified atom stereocenters. The second-order valence-electron chi connectivity index (χ2n) is 4.13.